The fourth-order valence-electron chi connectivity index (χ4n) is 5.31. The molecule has 0 radical (unpaired) electrons. The first-order chi connectivity index (χ1) is 18.6. The topological polar surface area (TPSA) is 138 Å². The molecule has 1 unspecified atom stereocenters. The lowest BCUT2D eigenvalue weighted by Crippen LogP contribution is -2.53. The van der Waals surface area contributed by atoms with Crippen LogP contribution in [0.4, 0.5) is 0 Å². The number of methoxy groups -OCH3 is 4. The van der Waals surface area contributed by atoms with Crippen LogP contribution in [0.15, 0.2) is 35.6 Å². The summed E-state index contributed by atoms with van der Waals surface area (Å²) in [6, 6.07) is 6.20. The molecular weight excluding hydrogens is 532 g/mol. The molecule has 0 saturated heterocycles. The zero-order valence-electron chi connectivity index (χ0n) is 22.1. The molecule has 0 amide bonds. The molecule has 208 valence electrons. The summed E-state index contributed by atoms with van der Waals surface area (Å²) in [6.07, 6.45) is -0.501. The molecule has 1 heterocycles. The average molecular weight is 561 g/mol. The van der Waals surface area contributed by atoms with Crippen LogP contribution in [0.3, 0.4) is 0 Å². The first-order valence-electron chi connectivity index (χ1n) is 12.1. The number of halogens is 1. The molecule has 3 atom stereocenters. The van der Waals surface area contributed by atoms with Gasteiger partial charge < -0.3 is 33.9 Å². The first kappa shape index (κ1) is 28.3. The zero-order valence-corrected chi connectivity index (χ0v) is 22.9. The molecule has 10 nitrogen and oxygen atoms in total. The molecule has 4 rings (SSSR count). The highest BCUT2D eigenvalue weighted by molar-refractivity contribution is 6.35. The van der Waals surface area contributed by atoms with E-state index in [0.717, 1.165) is 0 Å². The summed E-state index contributed by atoms with van der Waals surface area (Å²) in [4.78, 5) is 40.0. The molecule has 1 aliphatic heterocycles. The van der Waals surface area contributed by atoms with E-state index in [9.17, 15) is 24.6 Å². The number of ketones is 2. The second kappa shape index (κ2) is 10.8. The number of rotatable bonds is 8. The van der Waals surface area contributed by atoms with Crippen molar-refractivity contribution in [1.82, 2.24) is 0 Å². The number of aliphatic hydroxyl groups excluding tert-OH is 2. The maximum absolute atomic E-state index is 14.0. The highest BCUT2D eigenvalue weighted by atomic mass is 35.5. The van der Waals surface area contributed by atoms with Crippen LogP contribution in [0.5, 0.6) is 23.0 Å². The fraction of sp³-hybridized carbons (Fsp3) is 0.393. The Kier molecular flexibility index (Phi) is 7.81. The summed E-state index contributed by atoms with van der Waals surface area (Å²) in [5, 5.41) is 21.7. The molecule has 2 aromatic carbocycles. The number of hydrogen-bond donors (Lipinski definition) is 2. The molecule has 11 heteroatoms. The van der Waals surface area contributed by atoms with Gasteiger partial charge in [-0.2, -0.15) is 0 Å². The number of carbonyl (C=O) groups excluding carboxylic acids is 3. The van der Waals surface area contributed by atoms with Gasteiger partial charge in [-0.25, -0.2) is 0 Å². The van der Waals surface area contributed by atoms with E-state index >= 15 is 0 Å². The van der Waals surface area contributed by atoms with E-state index in [1.165, 1.54) is 34.5 Å². The largest absolute Gasteiger partial charge is 0.507 e. The summed E-state index contributed by atoms with van der Waals surface area (Å²) in [6.45, 7) is 1.23. The predicted molar refractivity (Wildman–Crippen MR) is 139 cm³/mol. The summed E-state index contributed by atoms with van der Waals surface area (Å²) in [7, 11) is 5.41. The summed E-state index contributed by atoms with van der Waals surface area (Å²) in [5.41, 5.74) is -1.34. The minimum Gasteiger partial charge on any atom is -0.507 e. The van der Waals surface area contributed by atoms with Gasteiger partial charge in [0.15, 0.2) is 17.3 Å². The van der Waals surface area contributed by atoms with Gasteiger partial charge in [0.2, 0.25) is 11.4 Å². The van der Waals surface area contributed by atoms with Crippen LogP contribution in [0.1, 0.15) is 47.2 Å². The van der Waals surface area contributed by atoms with Crippen molar-refractivity contribution in [2.75, 3.05) is 28.4 Å². The number of ether oxygens (including phenoxy) is 5. The lowest BCUT2D eigenvalue weighted by atomic mass is 9.69. The molecule has 0 aromatic heterocycles. The van der Waals surface area contributed by atoms with Gasteiger partial charge in [0.25, 0.3) is 0 Å². The number of carbonyl (C=O) groups is 3. The fourth-order valence-corrected chi connectivity index (χ4v) is 5.58. The minimum atomic E-state index is -2.00. The Morgan fingerprint density at radius 1 is 1.10 bits per heavy atom. The Morgan fingerprint density at radius 3 is 2.36 bits per heavy atom. The van der Waals surface area contributed by atoms with Gasteiger partial charge in [-0.1, -0.05) is 24.6 Å². The lowest BCUT2D eigenvalue weighted by molar-refractivity contribution is -0.140. The van der Waals surface area contributed by atoms with E-state index in [4.69, 9.17) is 35.3 Å². The number of allylic oxidation sites excluding steroid dienone is 1. The average Bonchev–Trinajstić information content (AvgIpc) is 3.25. The quantitative estimate of drug-likeness (QED) is 0.456. The van der Waals surface area contributed by atoms with Crippen LogP contribution < -0.4 is 18.9 Å². The zero-order chi connectivity index (χ0) is 28.6. The Morgan fingerprint density at radius 2 is 1.77 bits per heavy atom. The van der Waals surface area contributed by atoms with E-state index in [1.807, 2.05) is 0 Å². The van der Waals surface area contributed by atoms with Crippen molar-refractivity contribution >= 4 is 29.1 Å². The van der Waals surface area contributed by atoms with Crippen molar-refractivity contribution in [2.45, 2.75) is 37.9 Å². The SMILES string of the molecule is COC(=O)CC(C1=C(O)[C@@]2(Oc3c(Cl)c(OC)cc(OC)c3C2=O)[C@H](C)CC1=O)c1ccc(OC)c(CO)c1. The third-order valence-electron chi connectivity index (χ3n) is 7.34. The maximum atomic E-state index is 14.0. The van der Waals surface area contributed by atoms with Gasteiger partial charge in [0.1, 0.15) is 27.8 Å². The molecule has 2 aromatic rings. The summed E-state index contributed by atoms with van der Waals surface area (Å²) in [5.74, 6) is -3.54. The van der Waals surface area contributed by atoms with Crippen molar-refractivity contribution in [1.29, 1.82) is 0 Å². The van der Waals surface area contributed by atoms with E-state index in [0.29, 0.717) is 16.9 Å². The van der Waals surface area contributed by atoms with Gasteiger partial charge in [-0.15, -0.1) is 0 Å². The smallest absolute Gasteiger partial charge is 0.306 e. The van der Waals surface area contributed by atoms with Crippen LogP contribution >= 0.6 is 11.6 Å². The Bertz CT molecular complexity index is 1380. The number of fused-ring (bicyclic) bond motifs is 1. The van der Waals surface area contributed by atoms with Crippen molar-refractivity contribution in [2.24, 2.45) is 5.92 Å². The second-order valence-electron chi connectivity index (χ2n) is 9.32. The Balaban J connectivity index is 1.96. The van der Waals surface area contributed by atoms with Crippen LogP contribution in [0.25, 0.3) is 0 Å². The minimum absolute atomic E-state index is 0.00540. The van der Waals surface area contributed by atoms with Crippen LogP contribution in [-0.4, -0.2) is 61.8 Å². The van der Waals surface area contributed by atoms with Crippen LogP contribution in [0.2, 0.25) is 5.02 Å². The first-order valence-corrected chi connectivity index (χ1v) is 12.5. The van der Waals surface area contributed by atoms with E-state index in [-0.39, 0.29) is 52.9 Å². The van der Waals surface area contributed by atoms with Gasteiger partial charge in [-0.3, -0.25) is 14.4 Å². The standard InChI is InChI=1S/C28H29ClO10/c1-13-8-17(31)22(16(10-21(32)38-5)14-6-7-18(35-2)15(9-14)12-30)26(33)28(13)27(34)23-19(36-3)11-20(37-4)24(29)25(23)39-28/h6-7,9,11,13,16,30,33H,8,10,12H2,1-5H3/t13-,16?,28+/m1/s1. The summed E-state index contributed by atoms with van der Waals surface area (Å²) < 4.78 is 27.0. The number of Topliss-reactive ketones (excluding diaryl/α,β-unsaturated/α-hetero) is 2. The molecule has 39 heavy (non-hydrogen) atoms. The van der Waals surface area contributed by atoms with E-state index in [2.05, 4.69) is 0 Å². The molecule has 2 N–H and O–H groups in total. The molecule has 0 bridgehead atoms. The maximum Gasteiger partial charge on any atom is 0.306 e. The van der Waals surface area contributed by atoms with Crippen LogP contribution in [0, 0.1) is 5.92 Å². The summed E-state index contributed by atoms with van der Waals surface area (Å²) >= 11 is 6.50. The van der Waals surface area contributed by atoms with Gasteiger partial charge in [0, 0.05) is 35.5 Å². The van der Waals surface area contributed by atoms with E-state index < -0.39 is 40.7 Å². The van der Waals surface area contributed by atoms with Crippen molar-refractivity contribution < 1.29 is 48.3 Å². The molecule has 2 aliphatic rings. The monoisotopic (exact) mass is 560 g/mol. The molecule has 0 saturated carbocycles. The molecule has 0 fully saturated rings. The Labute approximate surface area is 230 Å². The van der Waals surface area contributed by atoms with Gasteiger partial charge in [-0.05, 0) is 17.7 Å². The number of hydrogen-bond acceptors (Lipinski definition) is 10. The van der Waals surface area contributed by atoms with Gasteiger partial charge in [0.05, 0.1) is 41.5 Å². The molecule has 1 spiro atoms. The van der Waals surface area contributed by atoms with E-state index in [1.54, 1.807) is 25.1 Å². The van der Waals surface area contributed by atoms with Crippen molar-refractivity contribution in [3.63, 3.8) is 0 Å². The number of aliphatic hydroxyl groups is 2. The lowest BCUT2D eigenvalue weighted by Gasteiger charge is -2.38. The van der Waals surface area contributed by atoms with Crippen molar-refractivity contribution in [3.8, 4) is 23.0 Å². The third kappa shape index (κ3) is 4.37. The highest BCUT2D eigenvalue weighted by Crippen LogP contribution is 2.55. The normalized spacial score (nSPS) is 20.9. The van der Waals surface area contributed by atoms with Gasteiger partial charge >= 0.3 is 5.97 Å². The predicted octanol–water partition coefficient (Wildman–Crippen LogP) is 3.94. The second-order valence-corrected chi connectivity index (χ2v) is 9.70. The Hall–Kier alpha value is -3.76. The highest BCUT2D eigenvalue weighted by Gasteiger charge is 2.61. The molecular formula is C28H29ClO10. The number of esters is 1. The van der Waals surface area contributed by atoms with Crippen molar-refractivity contribution in [3.05, 3.63) is 57.3 Å². The molecule has 1 aliphatic carbocycles. The third-order valence-corrected chi connectivity index (χ3v) is 7.69. The van der Waals surface area contributed by atoms with Crippen LogP contribution in [-0.2, 0) is 20.9 Å². The number of benzene rings is 2.